The van der Waals surface area contributed by atoms with Crippen molar-refractivity contribution in [1.29, 1.82) is 0 Å². The third-order valence-corrected chi connectivity index (χ3v) is 3.15. The number of hydrogen-bond donors (Lipinski definition) is 3. The van der Waals surface area contributed by atoms with E-state index in [1.807, 2.05) is 0 Å². The SMILES string of the molecule is O=C(NC1(CO)CCCC1)c1c[nH]c(=O)cn1. The molecule has 1 aromatic heterocycles. The van der Waals surface area contributed by atoms with Gasteiger partial charge in [-0.1, -0.05) is 12.8 Å². The molecule has 1 aliphatic rings. The first-order valence-electron chi connectivity index (χ1n) is 5.63. The Morgan fingerprint density at radius 3 is 2.76 bits per heavy atom. The molecule has 6 nitrogen and oxygen atoms in total. The lowest BCUT2D eigenvalue weighted by Gasteiger charge is -2.27. The largest absolute Gasteiger partial charge is 0.394 e. The number of nitrogens with one attached hydrogen (secondary N) is 2. The highest BCUT2D eigenvalue weighted by atomic mass is 16.3. The lowest BCUT2D eigenvalue weighted by atomic mass is 9.99. The van der Waals surface area contributed by atoms with Crippen molar-refractivity contribution in [2.24, 2.45) is 0 Å². The van der Waals surface area contributed by atoms with E-state index >= 15 is 0 Å². The minimum absolute atomic E-state index is 0.0674. The first-order chi connectivity index (χ1) is 8.15. The van der Waals surface area contributed by atoms with Crippen LogP contribution in [0.1, 0.15) is 36.2 Å². The summed E-state index contributed by atoms with van der Waals surface area (Å²) in [4.78, 5) is 28.8. The molecule has 0 unspecified atom stereocenters. The van der Waals surface area contributed by atoms with E-state index in [0.29, 0.717) is 0 Å². The molecule has 2 rings (SSSR count). The molecule has 0 spiro atoms. The number of H-pyrrole nitrogens is 1. The van der Waals surface area contributed by atoms with Gasteiger partial charge in [-0.15, -0.1) is 0 Å². The van der Waals surface area contributed by atoms with Gasteiger partial charge in [0, 0.05) is 6.20 Å². The van der Waals surface area contributed by atoms with Gasteiger partial charge in [0.05, 0.1) is 18.3 Å². The fraction of sp³-hybridized carbons (Fsp3) is 0.545. The molecule has 1 saturated carbocycles. The molecule has 6 heteroatoms. The summed E-state index contributed by atoms with van der Waals surface area (Å²) in [6.07, 6.45) is 5.89. The molecule has 0 radical (unpaired) electrons. The van der Waals surface area contributed by atoms with Crippen molar-refractivity contribution in [2.75, 3.05) is 6.61 Å². The Labute approximate surface area is 98.1 Å². The van der Waals surface area contributed by atoms with Gasteiger partial charge in [-0.25, -0.2) is 4.98 Å². The Bertz CT molecular complexity index is 443. The number of carbonyl (C=O) groups excluding carboxylic acids is 1. The van der Waals surface area contributed by atoms with E-state index in [1.165, 1.54) is 6.20 Å². The first kappa shape index (κ1) is 11.8. The van der Waals surface area contributed by atoms with Crippen molar-refractivity contribution in [3.8, 4) is 0 Å². The average Bonchev–Trinajstić information content (AvgIpc) is 2.79. The van der Waals surface area contributed by atoms with E-state index in [4.69, 9.17) is 0 Å². The molecule has 0 atom stereocenters. The van der Waals surface area contributed by atoms with Crippen LogP contribution in [0.4, 0.5) is 0 Å². The molecule has 1 aliphatic carbocycles. The second kappa shape index (κ2) is 4.67. The fourth-order valence-electron chi connectivity index (χ4n) is 2.15. The molecule has 1 amide bonds. The number of nitrogens with zero attached hydrogens (tertiary/aromatic N) is 1. The van der Waals surface area contributed by atoms with Gasteiger partial charge in [-0.3, -0.25) is 9.59 Å². The number of aromatic amines is 1. The van der Waals surface area contributed by atoms with Crippen molar-refractivity contribution in [3.05, 3.63) is 28.4 Å². The van der Waals surface area contributed by atoms with Gasteiger partial charge in [-0.05, 0) is 12.8 Å². The predicted octanol–water partition coefficient (Wildman–Crippen LogP) is -0.195. The Balaban J connectivity index is 2.10. The zero-order valence-electron chi connectivity index (χ0n) is 9.40. The number of amides is 1. The van der Waals surface area contributed by atoms with Crippen LogP contribution < -0.4 is 10.9 Å². The standard InChI is InChI=1S/C11H15N3O3/c15-7-11(3-1-2-4-11)14-10(17)8-5-13-9(16)6-12-8/h5-6,15H,1-4,7H2,(H,13,16)(H,14,17). The molecule has 1 fully saturated rings. The second-order valence-electron chi connectivity index (χ2n) is 4.40. The average molecular weight is 237 g/mol. The second-order valence-corrected chi connectivity index (χ2v) is 4.40. The van der Waals surface area contributed by atoms with Crippen molar-refractivity contribution >= 4 is 5.91 Å². The van der Waals surface area contributed by atoms with Gasteiger partial charge in [0.25, 0.3) is 11.5 Å². The molecule has 0 bridgehead atoms. The lowest BCUT2D eigenvalue weighted by molar-refractivity contribution is 0.0833. The molecular formula is C11H15N3O3. The zero-order chi connectivity index (χ0) is 12.3. The number of hydrogen-bond acceptors (Lipinski definition) is 4. The van der Waals surface area contributed by atoms with Crippen LogP contribution in [-0.4, -0.2) is 33.1 Å². The van der Waals surface area contributed by atoms with E-state index in [9.17, 15) is 14.7 Å². The van der Waals surface area contributed by atoms with E-state index in [0.717, 1.165) is 31.9 Å². The lowest BCUT2D eigenvalue weighted by Crippen LogP contribution is -2.49. The maximum absolute atomic E-state index is 11.9. The van der Waals surface area contributed by atoms with E-state index in [1.54, 1.807) is 0 Å². The number of carbonyl (C=O) groups is 1. The summed E-state index contributed by atoms with van der Waals surface area (Å²) in [5, 5.41) is 12.2. The van der Waals surface area contributed by atoms with Crippen LogP contribution in [0.3, 0.4) is 0 Å². The molecule has 3 N–H and O–H groups in total. The summed E-state index contributed by atoms with van der Waals surface area (Å²) in [6, 6.07) is 0. The summed E-state index contributed by atoms with van der Waals surface area (Å²) in [5.41, 5.74) is -0.710. The van der Waals surface area contributed by atoms with Gasteiger partial charge in [-0.2, -0.15) is 0 Å². The number of aliphatic hydroxyl groups is 1. The molecular weight excluding hydrogens is 222 g/mol. The predicted molar refractivity (Wildman–Crippen MR) is 60.6 cm³/mol. The summed E-state index contributed by atoms with van der Waals surface area (Å²) in [6.45, 7) is -0.0674. The van der Waals surface area contributed by atoms with Crippen molar-refractivity contribution in [2.45, 2.75) is 31.2 Å². The zero-order valence-corrected chi connectivity index (χ0v) is 9.40. The Hall–Kier alpha value is -1.69. The molecule has 0 aromatic carbocycles. The van der Waals surface area contributed by atoms with Crippen LogP contribution in [0.25, 0.3) is 0 Å². The molecule has 1 heterocycles. The van der Waals surface area contributed by atoms with Gasteiger partial charge in [0.15, 0.2) is 0 Å². The summed E-state index contributed by atoms with van der Waals surface area (Å²) in [5.74, 6) is -0.364. The summed E-state index contributed by atoms with van der Waals surface area (Å²) < 4.78 is 0. The first-order valence-corrected chi connectivity index (χ1v) is 5.63. The normalized spacial score (nSPS) is 17.9. The molecule has 1 aromatic rings. The maximum atomic E-state index is 11.9. The summed E-state index contributed by atoms with van der Waals surface area (Å²) >= 11 is 0. The minimum Gasteiger partial charge on any atom is -0.394 e. The number of aromatic nitrogens is 2. The molecule has 0 saturated heterocycles. The highest BCUT2D eigenvalue weighted by molar-refractivity contribution is 5.92. The van der Waals surface area contributed by atoms with Gasteiger partial charge in [0.2, 0.25) is 0 Å². The Morgan fingerprint density at radius 2 is 2.24 bits per heavy atom. The maximum Gasteiger partial charge on any atom is 0.271 e. The Morgan fingerprint density at radius 1 is 1.53 bits per heavy atom. The van der Waals surface area contributed by atoms with E-state index in [-0.39, 0.29) is 23.8 Å². The molecule has 17 heavy (non-hydrogen) atoms. The van der Waals surface area contributed by atoms with Crippen LogP contribution in [0.2, 0.25) is 0 Å². The Kier molecular flexibility index (Phi) is 3.23. The van der Waals surface area contributed by atoms with Crippen molar-refractivity contribution in [3.63, 3.8) is 0 Å². The fourth-order valence-corrected chi connectivity index (χ4v) is 2.15. The highest BCUT2D eigenvalue weighted by Gasteiger charge is 2.35. The molecule has 92 valence electrons. The van der Waals surface area contributed by atoms with Crippen molar-refractivity contribution in [1.82, 2.24) is 15.3 Å². The molecule has 0 aliphatic heterocycles. The third kappa shape index (κ3) is 2.52. The quantitative estimate of drug-likeness (QED) is 0.678. The minimum atomic E-state index is -0.519. The van der Waals surface area contributed by atoms with Crippen LogP contribution >= 0.6 is 0 Å². The smallest absolute Gasteiger partial charge is 0.271 e. The topological polar surface area (TPSA) is 95.1 Å². The number of rotatable bonds is 3. The highest BCUT2D eigenvalue weighted by Crippen LogP contribution is 2.29. The summed E-state index contributed by atoms with van der Waals surface area (Å²) in [7, 11) is 0. The van der Waals surface area contributed by atoms with Crippen LogP contribution in [0.5, 0.6) is 0 Å². The van der Waals surface area contributed by atoms with E-state index in [2.05, 4.69) is 15.3 Å². The van der Waals surface area contributed by atoms with Gasteiger partial charge < -0.3 is 15.4 Å². The van der Waals surface area contributed by atoms with Crippen LogP contribution in [0.15, 0.2) is 17.2 Å². The van der Waals surface area contributed by atoms with Crippen molar-refractivity contribution < 1.29 is 9.90 Å². The number of aliphatic hydroxyl groups excluding tert-OH is 1. The van der Waals surface area contributed by atoms with E-state index < -0.39 is 5.54 Å². The van der Waals surface area contributed by atoms with Gasteiger partial charge >= 0.3 is 0 Å². The monoisotopic (exact) mass is 237 g/mol. The van der Waals surface area contributed by atoms with Gasteiger partial charge in [0.1, 0.15) is 5.69 Å². The van der Waals surface area contributed by atoms with Crippen LogP contribution in [-0.2, 0) is 0 Å². The third-order valence-electron chi connectivity index (χ3n) is 3.15. The van der Waals surface area contributed by atoms with Crippen LogP contribution in [0, 0.1) is 0 Å².